The smallest absolute Gasteiger partial charge is 0.276 e. The summed E-state index contributed by atoms with van der Waals surface area (Å²) in [6, 6.07) is 20.0. The van der Waals surface area contributed by atoms with Crippen LogP contribution in [-0.2, 0) is 4.79 Å². The number of benzene rings is 3. The third kappa shape index (κ3) is 4.50. The topological polar surface area (TPSA) is 123 Å². The van der Waals surface area contributed by atoms with Crippen LogP contribution in [-0.4, -0.2) is 23.4 Å². The number of carbonyl (C=O) groups is 3. The molecular formula is C23H14IN5O3. The number of fused-ring (bicyclic) bond motifs is 1. The van der Waals surface area contributed by atoms with Crippen LogP contribution >= 0.6 is 22.6 Å². The monoisotopic (exact) mass is 535 g/mol. The quantitative estimate of drug-likeness (QED) is 0.350. The molecule has 3 aromatic carbocycles. The number of nitriles is 1. The number of amides is 3. The molecule has 0 unspecified atom stereocenters. The van der Waals surface area contributed by atoms with E-state index in [0.717, 1.165) is 3.57 Å². The van der Waals surface area contributed by atoms with Gasteiger partial charge in [0.05, 0.1) is 17.3 Å². The number of hydrazone groups is 1. The molecule has 0 atom stereocenters. The Hall–Kier alpha value is -4.04. The van der Waals surface area contributed by atoms with Crippen LogP contribution in [0, 0.1) is 14.9 Å². The first-order valence-corrected chi connectivity index (χ1v) is 10.4. The van der Waals surface area contributed by atoms with E-state index in [4.69, 9.17) is 5.26 Å². The van der Waals surface area contributed by atoms with E-state index in [2.05, 4.69) is 43.8 Å². The SMILES string of the molecule is N#Cc1ccc(C(=O)Nc2cccc(C(=O)N/N=C3\C(=O)Nc4ccc(I)cc43)c2)cc1. The van der Waals surface area contributed by atoms with Crippen molar-refractivity contribution in [3.05, 3.63) is 92.6 Å². The van der Waals surface area contributed by atoms with Crippen LogP contribution < -0.4 is 16.1 Å². The lowest BCUT2D eigenvalue weighted by Crippen LogP contribution is -2.23. The molecular weight excluding hydrogens is 521 g/mol. The zero-order valence-electron chi connectivity index (χ0n) is 16.3. The molecule has 0 aliphatic carbocycles. The van der Waals surface area contributed by atoms with Gasteiger partial charge in [-0.1, -0.05) is 6.07 Å². The van der Waals surface area contributed by atoms with Gasteiger partial charge in [0, 0.05) is 25.9 Å². The number of carbonyl (C=O) groups excluding carboxylic acids is 3. The predicted molar refractivity (Wildman–Crippen MR) is 127 cm³/mol. The number of anilines is 2. The highest BCUT2D eigenvalue weighted by Crippen LogP contribution is 2.25. The largest absolute Gasteiger partial charge is 0.322 e. The van der Waals surface area contributed by atoms with E-state index in [0.29, 0.717) is 28.1 Å². The van der Waals surface area contributed by atoms with Gasteiger partial charge < -0.3 is 10.6 Å². The summed E-state index contributed by atoms with van der Waals surface area (Å²) in [4.78, 5) is 37.2. The number of halogens is 1. The molecule has 0 saturated carbocycles. The molecule has 4 rings (SSSR count). The van der Waals surface area contributed by atoms with Gasteiger partial charge in [-0.2, -0.15) is 10.4 Å². The molecule has 0 saturated heterocycles. The van der Waals surface area contributed by atoms with Crippen molar-refractivity contribution in [1.29, 1.82) is 5.26 Å². The Bertz CT molecular complexity index is 1330. The predicted octanol–water partition coefficient (Wildman–Crippen LogP) is 3.50. The molecule has 0 bridgehead atoms. The maximum Gasteiger partial charge on any atom is 0.276 e. The van der Waals surface area contributed by atoms with Crippen LogP contribution in [0.5, 0.6) is 0 Å². The molecule has 8 nitrogen and oxygen atoms in total. The van der Waals surface area contributed by atoms with Crippen molar-refractivity contribution in [2.75, 3.05) is 10.6 Å². The molecule has 0 aromatic heterocycles. The molecule has 1 heterocycles. The van der Waals surface area contributed by atoms with Crippen LogP contribution in [0.1, 0.15) is 31.8 Å². The summed E-state index contributed by atoms with van der Waals surface area (Å²) in [6.45, 7) is 0. The molecule has 3 N–H and O–H groups in total. The minimum absolute atomic E-state index is 0.122. The van der Waals surface area contributed by atoms with Crippen molar-refractivity contribution in [2.45, 2.75) is 0 Å². The summed E-state index contributed by atoms with van der Waals surface area (Å²) >= 11 is 2.13. The van der Waals surface area contributed by atoms with E-state index in [1.165, 1.54) is 6.07 Å². The third-order valence-electron chi connectivity index (χ3n) is 4.63. The lowest BCUT2D eigenvalue weighted by Gasteiger charge is -2.07. The number of rotatable bonds is 4. The van der Waals surface area contributed by atoms with E-state index in [1.807, 2.05) is 12.1 Å². The normalized spacial score (nSPS) is 13.1. The molecule has 9 heteroatoms. The number of hydrogen-bond acceptors (Lipinski definition) is 5. The van der Waals surface area contributed by atoms with E-state index >= 15 is 0 Å². The van der Waals surface area contributed by atoms with Crippen molar-refractivity contribution in [3.63, 3.8) is 0 Å². The molecule has 3 aromatic rings. The highest BCUT2D eigenvalue weighted by Gasteiger charge is 2.26. The van der Waals surface area contributed by atoms with Crippen LogP contribution in [0.3, 0.4) is 0 Å². The molecule has 0 spiro atoms. The van der Waals surface area contributed by atoms with Crippen molar-refractivity contribution in [2.24, 2.45) is 5.10 Å². The molecule has 32 heavy (non-hydrogen) atoms. The molecule has 3 amide bonds. The fourth-order valence-electron chi connectivity index (χ4n) is 3.05. The second kappa shape index (κ2) is 8.99. The lowest BCUT2D eigenvalue weighted by atomic mass is 10.1. The molecule has 1 aliphatic rings. The Morgan fingerprint density at radius 1 is 0.969 bits per heavy atom. The second-order valence-electron chi connectivity index (χ2n) is 6.77. The third-order valence-corrected chi connectivity index (χ3v) is 5.30. The first-order chi connectivity index (χ1) is 15.4. The van der Waals surface area contributed by atoms with Gasteiger partial charge in [-0.3, -0.25) is 14.4 Å². The average Bonchev–Trinajstić information content (AvgIpc) is 3.11. The standard InChI is InChI=1S/C23H14IN5O3/c24-16-8-9-19-18(11-16)20(23(32)27-19)28-29-22(31)15-2-1-3-17(10-15)26-21(30)14-6-4-13(12-25)5-7-14/h1-11H,(H,26,30)(H,29,31)(H,27,28,32). The Labute approximate surface area is 196 Å². The van der Waals surface area contributed by atoms with Gasteiger partial charge in [0.1, 0.15) is 0 Å². The number of nitrogens with one attached hydrogen (secondary N) is 3. The Morgan fingerprint density at radius 3 is 2.50 bits per heavy atom. The maximum absolute atomic E-state index is 12.6. The van der Waals surface area contributed by atoms with E-state index in [1.54, 1.807) is 54.6 Å². The van der Waals surface area contributed by atoms with Crippen LogP contribution in [0.25, 0.3) is 0 Å². The summed E-state index contributed by atoms with van der Waals surface area (Å²) in [6.07, 6.45) is 0. The summed E-state index contributed by atoms with van der Waals surface area (Å²) in [5.74, 6) is -1.30. The fraction of sp³-hybridized carbons (Fsp3) is 0. The molecule has 156 valence electrons. The number of hydrogen-bond donors (Lipinski definition) is 3. The maximum atomic E-state index is 12.6. The number of nitrogens with zero attached hydrogens (tertiary/aromatic N) is 2. The van der Waals surface area contributed by atoms with E-state index in [9.17, 15) is 14.4 Å². The highest BCUT2D eigenvalue weighted by atomic mass is 127. The minimum Gasteiger partial charge on any atom is -0.322 e. The Morgan fingerprint density at radius 2 is 1.75 bits per heavy atom. The van der Waals surface area contributed by atoms with Gasteiger partial charge in [-0.05, 0) is 83.3 Å². The molecule has 1 aliphatic heterocycles. The van der Waals surface area contributed by atoms with Crippen molar-refractivity contribution in [3.8, 4) is 6.07 Å². The minimum atomic E-state index is -0.529. The summed E-state index contributed by atoms with van der Waals surface area (Å²) in [5, 5.41) is 18.3. The lowest BCUT2D eigenvalue weighted by molar-refractivity contribution is -0.110. The molecule has 0 radical (unpaired) electrons. The van der Waals surface area contributed by atoms with Gasteiger partial charge in [0.2, 0.25) is 0 Å². The Kier molecular flexibility index (Phi) is 5.96. The van der Waals surface area contributed by atoms with Gasteiger partial charge in [0.15, 0.2) is 5.71 Å². The molecule has 0 fully saturated rings. The second-order valence-corrected chi connectivity index (χ2v) is 8.02. The zero-order chi connectivity index (χ0) is 22.7. The van der Waals surface area contributed by atoms with Gasteiger partial charge >= 0.3 is 0 Å². The zero-order valence-corrected chi connectivity index (χ0v) is 18.5. The van der Waals surface area contributed by atoms with Crippen LogP contribution in [0.15, 0.2) is 71.8 Å². The van der Waals surface area contributed by atoms with E-state index in [-0.39, 0.29) is 17.2 Å². The van der Waals surface area contributed by atoms with Crippen molar-refractivity contribution >= 4 is 57.4 Å². The Balaban J connectivity index is 1.48. The van der Waals surface area contributed by atoms with E-state index < -0.39 is 11.8 Å². The first-order valence-electron chi connectivity index (χ1n) is 9.35. The van der Waals surface area contributed by atoms with Crippen LogP contribution in [0.4, 0.5) is 11.4 Å². The van der Waals surface area contributed by atoms with Gasteiger partial charge in [-0.25, -0.2) is 5.43 Å². The van der Waals surface area contributed by atoms with Crippen LogP contribution in [0.2, 0.25) is 0 Å². The van der Waals surface area contributed by atoms with Gasteiger partial charge in [0.25, 0.3) is 17.7 Å². The average molecular weight is 535 g/mol. The fourth-order valence-corrected chi connectivity index (χ4v) is 3.54. The summed E-state index contributed by atoms with van der Waals surface area (Å²) in [7, 11) is 0. The summed E-state index contributed by atoms with van der Waals surface area (Å²) < 4.78 is 0.933. The van der Waals surface area contributed by atoms with Crippen molar-refractivity contribution < 1.29 is 14.4 Å². The van der Waals surface area contributed by atoms with Gasteiger partial charge in [-0.15, -0.1) is 0 Å². The van der Waals surface area contributed by atoms with Crippen molar-refractivity contribution in [1.82, 2.24) is 5.43 Å². The highest BCUT2D eigenvalue weighted by molar-refractivity contribution is 14.1. The summed E-state index contributed by atoms with van der Waals surface area (Å²) in [5.41, 5.74) is 5.28. The first kappa shape index (κ1) is 21.2.